The molecular weight excluding hydrogens is 369 g/mol. The second-order valence-electron chi connectivity index (χ2n) is 8.61. The molecule has 3 aromatic rings. The molecule has 2 aromatic carbocycles. The van der Waals surface area contributed by atoms with Crippen molar-refractivity contribution < 1.29 is 13.9 Å². The first-order chi connectivity index (χ1) is 13.8. The Balaban J connectivity index is 1.54. The molecule has 6 heteroatoms. The summed E-state index contributed by atoms with van der Waals surface area (Å²) in [4.78, 5) is 14.2. The van der Waals surface area contributed by atoms with E-state index in [1.54, 1.807) is 17.0 Å². The summed E-state index contributed by atoms with van der Waals surface area (Å²) in [6, 6.07) is 12.7. The van der Waals surface area contributed by atoms with Crippen LogP contribution in [0.1, 0.15) is 39.7 Å². The second kappa shape index (κ2) is 7.50. The molecule has 0 bridgehead atoms. The number of carbonyl (C=O) groups excluding carboxylic acids is 1. The van der Waals surface area contributed by atoms with Crippen LogP contribution in [0.3, 0.4) is 0 Å². The van der Waals surface area contributed by atoms with Gasteiger partial charge in [0, 0.05) is 24.7 Å². The van der Waals surface area contributed by atoms with Gasteiger partial charge in [0.15, 0.2) is 0 Å². The van der Waals surface area contributed by atoms with Crippen LogP contribution < -0.4 is 0 Å². The Kier molecular flexibility index (Phi) is 5.03. The number of ether oxygens (including phenoxy) is 1. The Morgan fingerprint density at radius 2 is 1.86 bits per heavy atom. The fraction of sp³-hybridized carbons (Fsp3) is 0.391. The molecule has 0 radical (unpaired) electrons. The number of piperidine rings is 1. The van der Waals surface area contributed by atoms with E-state index in [0.29, 0.717) is 13.1 Å². The van der Waals surface area contributed by atoms with Gasteiger partial charge in [-0.3, -0.25) is 4.68 Å². The maximum atomic E-state index is 13.2. The van der Waals surface area contributed by atoms with E-state index in [2.05, 4.69) is 0 Å². The highest BCUT2D eigenvalue weighted by molar-refractivity contribution is 5.84. The predicted octanol–water partition coefficient (Wildman–Crippen LogP) is 5.41. The van der Waals surface area contributed by atoms with Crippen LogP contribution in [0.4, 0.5) is 9.18 Å². The van der Waals surface area contributed by atoms with E-state index < -0.39 is 5.60 Å². The number of carbonyl (C=O) groups is 1. The molecular formula is C23H26FN3O2. The largest absolute Gasteiger partial charge is 0.444 e. The first-order valence-corrected chi connectivity index (χ1v) is 10.0. The van der Waals surface area contributed by atoms with Crippen LogP contribution in [0.2, 0.25) is 0 Å². The minimum atomic E-state index is -0.499. The number of hydrogen-bond donors (Lipinski definition) is 0. The zero-order valence-corrected chi connectivity index (χ0v) is 17.1. The van der Waals surface area contributed by atoms with Gasteiger partial charge in [0.05, 0.1) is 11.6 Å². The molecule has 1 saturated heterocycles. The molecule has 5 nitrogen and oxygen atoms in total. The molecule has 1 amide bonds. The first kappa shape index (κ1) is 19.4. The van der Waals surface area contributed by atoms with Crippen molar-refractivity contribution in [3.05, 3.63) is 54.5 Å². The number of likely N-dealkylation sites (tertiary alicyclic amines) is 1. The van der Waals surface area contributed by atoms with E-state index in [4.69, 9.17) is 9.84 Å². The summed E-state index contributed by atoms with van der Waals surface area (Å²) in [5.41, 5.74) is 2.35. The van der Waals surface area contributed by atoms with Crippen molar-refractivity contribution in [2.75, 3.05) is 13.1 Å². The number of rotatable bonds is 2. The summed E-state index contributed by atoms with van der Waals surface area (Å²) in [5, 5.41) is 5.82. The molecule has 1 fully saturated rings. The lowest BCUT2D eigenvalue weighted by atomic mass is 10.0. The third-order valence-corrected chi connectivity index (χ3v) is 5.12. The fourth-order valence-electron chi connectivity index (χ4n) is 3.71. The van der Waals surface area contributed by atoms with Crippen LogP contribution in [0, 0.1) is 5.82 Å². The lowest BCUT2D eigenvalue weighted by Gasteiger charge is -2.34. The van der Waals surface area contributed by atoms with Gasteiger partial charge in [0.1, 0.15) is 11.4 Å². The lowest BCUT2D eigenvalue weighted by Crippen LogP contribution is -2.43. The quantitative estimate of drug-likeness (QED) is 0.582. The molecule has 152 valence electrons. The van der Waals surface area contributed by atoms with Gasteiger partial charge in [-0.1, -0.05) is 24.3 Å². The molecule has 1 aliphatic heterocycles. The zero-order valence-electron chi connectivity index (χ0n) is 17.1. The number of nitrogens with zero attached hydrogens (tertiary/aromatic N) is 3. The van der Waals surface area contributed by atoms with Crippen LogP contribution >= 0.6 is 0 Å². The van der Waals surface area contributed by atoms with E-state index in [-0.39, 0.29) is 18.0 Å². The van der Waals surface area contributed by atoms with E-state index in [0.717, 1.165) is 34.9 Å². The lowest BCUT2D eigenvalue weighted by molar-refractivity contribution is 0.0168. The fourth-order valence-corrected chi connectivity index (χ4v) is 3.71. The Hall–Kier alpha value is -2.89. The summed E-state index contributed by atoms with van der Waals surface area (Å²) < 4.78 is 20.7. The van der Waals surface area contributed by atoms with Gasteiger partial charge in [0.25, 0.3) is 0 Å². The summed E-state index contributed by atoms with van der Waals surface area (Å²) in [5.74, 6) is -0.244. The Morgan fingerprint density at radius 1 is 1.14 bits per heavy atom. The molecule has 1 unspecified atom stereocenters. The average molecular weight is 395 g/mol. The van der Waals surface area contributed by atoms with Gasteiger partial charge >= 0.3 is 6.09 Å². The average Bonchev–Trinajstić information content (AvgIpc) is 3.11. The maximum Gasteiger partial charge on any atom is 0.410 e. The van der Waals surface area contributed by atoms with Gasteiger partial charge in [-0.25, -0.2) is 9.18 Å². The zero-order chi connectivity index (χ0) is 20.6. The van der Waals surface area contributed by atoms with Crippen molar-refractivity contribution in [3.63, 3.8) is 0 Å². The van der Waals surface area contributed by atoms with Crippen molar-refractivity contribution in [1.29, 1.82) is 0 Å². The van der Waals surface area contributed by atoms with Gasteiger partial charge < -0.3 is 9.64 Å². The topological polar surface area (TPSA) is 47.4 Å². The molecule has 29 heavy (non-hydrogen) atoms. The SMILES string of the molecule is CC(C)(C)OC(=O)N1CCCC(n2cc3ccc(-c4ccc(F)cc4)cc3n2)C1. The highest BCUT2D eigenvalue weighted by Crippen LogP contribution is 2.27. The molecule has 1 aromatic heterocycles. The highest BCUT2D eigenvalue weighted by atomic mass is 19.1. The highest BCUT2D eigenvalue weighted by Gasteiger charge is 2.28. The summed E-state index contributed by atoms with van der Waals surface area (Å²) in [6.45, 7) is 6.94. The van der Waals surface area contributed by atoms with Crippen molar-refractivity contribution >= 4 is 17.0 Å². The number of hydrogen-bond acceptors (Lipinski definition) is 3. The van der Waals surface area contributed by atoms with Gasteiger partial charge in [-0.15, -0.1) is 0 Å². The van der Waals surface area contributed by atoms with Crippen LogP contribution in [0.5, 0.6) is 0 Å². The van der Waals surface area contributed by atoms with Crippen molar-refractivity contribution in [1.82, 2.24) is 14.7 Å². The van der Waals surface area contributed by atoms with Crippen molar-refractivity contribution in [2.24, 2.45) is 0 Å². The summed E-state index contributed by atoms with van der Waals surface area (Å²) in [6.07, 6.45) is 3.66. The second-order valence-corrected chi connectivity index (χ2v) is 8.61. The number of benzene rings is 2. The predicted molar refractivity (Wildman–Crippen MR) is 111 cm³/mol. The third kappa shape index (κ3) is 4.42. The van der Waals surface area contributed by atoms with Gasteiger partial charge in [0.2, 0.25) is 0 Å². The third-order valence-electron chi connectivity index (χ3n) is 5.12. The molecule has 0 spiro atoms. The normalized spacial score (nSPS) is 17.5. The summed E-state index contributed by atoms with van der Waals surface area (Å²) >= 11 is 0. The standard InChI is InChI=1S/C23H26FN3O2/c1-23(2,3)29-22(28)26-12-4-5-20(15-26)27-14-18-7-6-17(13-21(18)25-27)16-8-10-19(24)11-9-16/h6-11,13-14,20H,4-5,12,15H2,1-3H3. The number of aromatic nitrogens is 2. The molecule has 0 aliphatic carbocycles. The molecule has 0 saturated carbocycles. The Bertz CT molecular complexity index is 1020. The molecule has 4 rings (SSSR count). The number of amides is 1. The smallest absolute Gasteiger partial charge is 0.410 e. The van der Waals surface area contributed by atoms with Crippen LogP contribution in [0.15, 0.2) is 48.7 Å². The minimum absolute atomic E-state index is 0.123. The minimum Gasteiger partial charge on any atom is -0.444 e. The van der Waals surface area contributed by atoms with Gasteiger partial charge in [-0.05, 0) is 62.9 Å². The van der Waals surface area contributed by atoms with Crippen LogP contribution in [-0.4, -0.2) is 39.5 Å². The monoisotopic (exact) mass is 395 g/mol. The number of fused-ring (bicyclic) bond motifs is 1. The van der Waals surface area contributed by atoms with E-state index in [9.17, 15) is 9.18 Å². The first-order valence-electron chi connectivity index (χ1n) is 10.0. The van der Waals surface area contributed by atoms with E-state index in [1.807, 2.05) is 49.8 Å². The van der Waals surface area contributed by atoms with E-state index >= 15 is 0 Å². The molecule has 1 atom stereocenters. The molecule has 0 N–H and O–H groups in total. The van der Waals surface area contributed by atoms with Crippen molar-refractivity contribution in [3.8, 4) is 11.1 Å². The Morgan fingerprint density at radius 3 is 2.59 bits per heavy atom. The van der Waals surface area contributed by atoms with Gasteiger partial charge in [-0.2, -0.15) is 5.10 Å². The number of halogens is 1. The summed E-state index contributed by atoms with van der Waals surface area (Å²) in [7, 11) is 0. The maximum absolute atomic E-state index is 13.2. The Labute approximate surface area is 170 Å². The van der Waals surface area contributed by atoms with Crippen molar-refractivity contribution in [2.45, 2.75) is 45.3 Å². The molecule has 2 heterocycles. The van der Waals surface area contributed by atoms with Crippen LogP contribution in [-0.2, 0) is 4.74 Å². The molecule has 1 aliphatic rings. The van der Waals surface area contributed by atoms with E-state index in [1.165, 1.54) is 12.1 Å². The van der Waals surface area contributed by atoms with Crippen LogP contribution in [0.25, 0.3) is 22.0 Å².